The first kappa shape index (κ1) is 13.1. The van der Waals surface area contributed by atoms with E-state index in [0.29, 0.717) is 5.57 Å². The van der Waals surface area contributed by atoms with Gasteiger partial charge in [-0.15, -0.1) is 0 Å². The van der Waals surface area contributed by atoms with Gasteiger partial charge in [-0.3, -0.25) is 0 Å². The van der Waals surface area contributed by atoms with Crippen LogP contribution in [-0.4, -0.2) is 11.8 Å². The van der Waals surface area contributed by atoms with Gasteiger partial charge in [0.25, 0.3) is 0 Å². The van der Waals surface area contributed by atoms with Crippen LogP contribution in [0.25, 0.3) is 0 Å². The smallest absolute Gasteiger partial charge is 0.338 e. The van der Waals surface area contributed by atoms with Crippen molar-refractivity contribution in [3.05, 3.63) is 37.0 Å². The number of hydrogen-bond acceptors (Lipinski definition) is 2. The van der Waals surface area contributed by atoms with E-state index < -0.39 is 0 Å². The topological polar surface area (TPSA) is 26.3 Å². The Morgan fingerprint density at radius 3 is 2.36 bits per heavy atom. The molecule has 0 rings (SSSR count). The molecule has 0 fully saturated rings. The Hall–Kier alpha value is -0.880. The molecule has 0 saturated heterocycles. The van der Waals surface area contributed by atoms with Crippen molar-refractivity contribution in [2.75, 3.05) is 0 Å². The first-order valence-electron chi connectivity index (χ1n) is 4.44. The third-order valence-corrected chi connectivity index (χ3v) is 2.56. The van der Waals surface area contributed by atoms with Crippen LogP contribution in [0.4, 0.5) is 0 Å². The van der Waals surface area contributed by atoms with E-state index in [1.807, 2.05) is 13.8 Å². The maximum absolute atomic E-state index is 11.5. The summed E-state index contributed by atoms with van der Waals surface area (Å²) in [6, 6.07) is 0. The van der Waals surface area contributed by atoms with E-state index in [1.165, 1.54) is 12.2 Å². The normalized spacial score (nSPS) is 13.6. The predicted molar refractivity (Wildman–Crippen MR) is 62.9 cm³/mol. The third kappa shape index (κ3) is 4.38. The highest BCUT2D eigenvalue weighted by Crippen LogP contribution is 2.15. The average Bonchev–Trinajstić information content (AvgIpc) is 2.13. The molecule has 3 heteroatoms. The lowest BCUT2D eigenvalue weighted by atomic mass is 10.2. The zero-order valence-electron chi connectivity index (χ0n) is 8.69. The van der Waals surface area contributed by atoms with E-state index in [4.69, 9.17) is 4.74 Å². The molecule has 2 nitrogen and oxygen atoms in total. The van der Waals surface area contributed by atoms with Crippen molar-refractivity contribution >= 4 is 15.2 Å². The van der Waals surface area contributed by atoms with Crippen molar-refractivity contribution in [2.45, 2.75) is 19.7 Å². The highest BCUT2D eigenvalue weighted by atomic mass is 31.0. The second-order valence-electron chi connectivity index (χ2n) is 3.18. The van der Waals surface area contributed by atoms with E-state index in [9.17, 15) is 4.79 Å². The van der Waals surface area contributed by atoms with Crippen LogP contribution in [0.5, 0.6) is 0 Å². The minimum Gasteiger partial charge on any atom is -0.455 e. The molecule has 0 aromatic carbocycles. The number of allylic oxidation sites excluding steroid dienone is 2. The quantitative estimate of drug-likeness (QED) is 0.303. The van der Waals surface area contributed by atoms with Crippen LogP contribution in [0.15, 0.2) is 37.0 Å². The molecule has 78 valence electrons. The summed E-state index contributed by atoms with van der Waals surface area (Å²) in [5.74, 6) is -0.261. The standard InChI is InChI=1S/C11H17O2P/c1-5-7-9(6-2)10(12)13-11(14)8(3)4/h5-8,11H,1-2,14H2,3-4H3/b9-7+. The number of hydrogen-bond donors (Lipinski definition) is 0. The van der Waals surface area contributed by atoms with Crippen LogP contribution < -0.4 is 0 Å². The lowest BCUT2D eigenvalue weighted by Gasteiger charge is -2.16. The van der Waals surface area contributed by atoms with E-state index >= 15 is 0 Å². The van der Waals surface area contributed by atoms with Crippen LogP contribution >= 0.6 is 9.24 Å². The largest absolute Gasteiger partial charge is 0.455 e. The van der Waals surface area contributed by atoms with Crippen LogP contribution in [-0.2, 0) is 9.53 Å². The summed E-state index contributed by atoms with van der Waals surface area (Å²) < 4.78 is 5.15. The van der Waals surface area contributed by atoms with Gasteiger partial charge < -0.3 is 4.74 Å². The Morgan fingerprint density at radius 2 is 2.00 bits per heavy atom. The molecule has 0 spiro atoms. The van der Waals surface area contributed by atoms with Crippen LogP contribution in [0.2, 0.25) is 0 Å². The molecule has 0 aliphatic carbocycles. The molecule has 0 aliphatic rings. The maximum Gasteiger partial charge on any atom is 0.338 e. The lowest BCUT2D eigenvalue weighted by Crippen LogP contribution is -2.18. The molecule has 0 radical (unpaired) electrons. The van der Waals surface area contributed by atoms with Gasteiger partial charge in [0, 0.05) is 0 Å². The minimum absolute atomic E-state index is 0.171. The van der Waals surface area contributed by atoms with E-state index in [0.717, 1.165) is 0 Å². The third-order valence-electron chi connectivity index (χ3n) is 1.65. The Labute approximate surface area is 87.9 Å². The van der Waals surface area contributed by atoms with Crippen molar-refractivity contribution in [2.24, 2.45) is 5.92 Å². The molecular formula is C11H17O2P. The fraction of sp³-hybridized carbons (Fsp3) is 0.364. The summed E-state index contributed by atoms with van der Waals surface area (Å²) in [7, 11) is 2.49. The Kier molecular flexibility index (Phi) is 6.14. The second kappa shape index (κ2) is 6.56. The van der Waals surface area contributed by atoms with Crippen LogP contribution in [0.3, 0.4) is 0 Å². The van der Waals surface area contributed by atoms with Gasteiger partial charge in [0.15, 0.2) is 0 Å². The van der Waals surface area contributed by atoms with Crippen molar-refractivity contribution in [3.63, 3.8) is 0 Å². The number of ether oxygens (including phenoxy) is 1. The van der Waals surface area contributed by atoms with E-state index in [-0.39, 0.29) is 17.7 Å². The maximum atomic E-state index is 11.5. The summed E-state index contributed by atoms with van der Waals surface area (Å²) in [5.41, 5.74) is 0.424. The number of carbonyl (C=O) groups is 1. The number of esters is 1. The van der Waals surface area contributed by atoms with Crippen molar-refractivity contribution < 1.29 is 9.53 Å². The molecule has 0 aromatic heterocycles. The molecule has 0 bridgehead atoms. The van der Waals surface area contributed by atoms with Crippen LogP contribution in [0.1, 0.15) is 13.8 Å². The summed E-state index contributed by atoms with van der Waals surface area (Å²) >= 11 is 0. The predicted octanol–water partition coefficient (Wildman–Crippen LogP) is 2.69. The fourth-order valence-electron chi connectivity index (χ4n) is 0.674. The first-order valence-corrected chi connectivity index (χ1v) is 5.11. The molecule has 2 atom stereocenters. The zero-order chi connectivity index (χ0) is 11.1. The minimum atomic E-state index is -0.367. The molecule has 2 unspecified atom stereocenters. The fourth-order valence-corrected chi connectivity index (χ4v) is 0.798. The Bertz CT molecular complexity index is 254. The number of carbonyl (C=O) groups excluding carboxylic acids is 1. The Morgan fingerprint density at radius 1 is 1.43 bits per heavy atom. The highest BCUT2D eigenvalue weighted by Gasteiger charge is 2.14. The molecule has 0 aliphatic heterocycles. The van der Waals surface area contributed by atoms with Crippen molar-refractivity contribution in [1.82, 2.24) is 0 Å². The summed E-state index contributed by atoms with van der Waals surface area (Å²) in [6.45, 7) is 11.0. The molecule has 0 amide bonds. The molecule has 0 heterocycles. The van der Waals surface area contributed by atoms with E-state index in [2.05, 4.69) is 22.4 Å². The molecule has 0 N–H and O–H groups in total. The van der Waals surface area contributed by atoms with Crippen LogP contribution in [0, 0.1) is 5.92 Å². The van der Waals surface area contributed by atoms with Gasteiger partial charge in [-0.2, -0.15) is 0 Å². The van der Waals surface area contributed by atoms with Gasteiger partial charge in [0.1, 0.15) is 5.85 Å². The summed E-state index contributed by atoms with van der Waals surface area (Å²) in [5, 5.41) is 0. The lowest BCUT2D eigenvalue weighted by molar-refractivity contribution is -0.141. The highest BCUT2D eigenvalue weighted by molar-refractivity contribution is 7.17. The van der Waals surface area contributed by atoms with Gasteiger partial charge >= 0.3 is 5.97 Å². The van der Waals surface area contributed by atoms with E-state index in [1.54, 1.807) is 6.08 Å². The summed E-state index contributed by atoms with van der Waals surface area (Å²) in [6.07, 6.45) is 4.57. The number of rotatable bonds is 5. The molecule has 0 saturated carbocycles. The SMILES string of the molecule is C=C/C=C(\C=C)C(=O)OC(P)C(C)C. The van der Waals surface area contributed by atoms with Crippen molar-refractivity contribution in [3.8, 4) is 0 Å². The molecular weight excluding hydrogens is 195 g/mol. The monoisotopic (exact) mass is 212 g/mol. The van der Waals surface area contributed by atoms with Gasteiger partial charge in [0.2, 0.25) is 0 Å². The molecule has 14 heavy (non-hydrogen) atoms. The Balaban J connectivity index is 4.39. The van der Waals surface area contributed by atoms with Gasteiger partial charge in [-0.1, -0.05) is 48.4 Å². The van der Waals surface area contributed by atoms with Gasteiger partial charge in [-0.25, -0.2) is 4.79 Å². The average molecular weight is 212 g/mol. The van der Waals surface area contributed by atoms with Gasteiger partial charge in [-0.05, 0) is 12.0 Å². The zero-order valence-corrected chi connectivity index (χ0v) is 9.85. The van der Waals surface area contributed by atoms with Gasteiger partial charge in [0.05, 0.1) is 5.57 Å². The van der Waals surface area contributed by atoms with Crippen molar-refractivity contribution in [1.29, 1.82) is 0 Å². The first-order chi connectivity index (χ1) is 6.52. The second-order valence-corrected chi connectivity index (χ2v) is 3.83. The summed E-state index contributed by atoms with van der Waals surface area (Å²) in [4.78, 5) is 11.5. The molecule has 0 aromatic rings.